The highest BCUT2D eigenvalue weighted by Crippen LogP contribution is 2.28. The second kappa shape index (κ2) is 13.5. The molecule has 0 aromatic heterocycles. The minimum Gasteiger partial charge on any atom is -0.480 e. The molecule has 1 atom stereocenters. The largest absolute Gasteiger partial charge is 0.480 e. The highest BCUT2D eigenvalue weighted by molar-refractivity contribution is 6.38. The molecule has 1 aliphatic heterocycles. The number of benzene rings is 1. The van der Waals surface area contributed by atoms with Crippen molar-refractivity contribution in [3.05, 3.63) is 35.9 Å². The minimum atomic E-state index is -1.02. The van der Waals surface area contributed by atoms with E-state index in [2.05, 4.69) is 30.3 Å². The first kappa shape index (κ1) is 27.1. The Morgan fingerprint density at radius 3 is 2.21 bits per heavy atom. The average molecular weight is 458 g/mol. The van der Waals surface area contributed by atoms with Crippen LogP contribution in [0.25, 0.3) is 0 Å². The zero-order valence-electron chi connectivity index (χ0n) is 20.9. The second-order valence-electron chi connectivity index (χ2n) is 10.3. The third-order valence-corrected chi connectivity index (χ3v) is 7.39. The number of carboxylic acids is 1. The molecule has 2 aliphatic rings. The van der Waals surface area contributed by atoms with Gasteiger partial charge in [0.2, 0.25) is 5.78 Å². The lowest BCUT2D eigenvalue weighted by Crippen LogP contribution is -2.52. The van der Waals surface area contributed by atoms with Crippen LogP contribution in [0.4, 0.5) is 0 Å². The lowest BCUT2D eigenvalue weighted by molar-refractivity contribution is -0.158. The molecule has 1 aromatic carbocycles. The van der Waals surface area contributed by atoms with Crippen LogP contribution in [-0.2, 0) is 20.8 Å². The Hall–Kier alpha value is -2.17. The molecule has 184 valence electrons. The summed E-state index contributed by atoms with van der Waals surface area (Å²) in [5, 5.41) is 9.09. The molecule has 2 fully saturated rings. The van der Waals surface area contributed by atoms with Crippen molar-refractivity contribution >= 4 is 17.7 Å². The second-order valence-corrected chi connectivity index (χ2v) is 10.3. The maximum atomic E-state index is 12.1. The number of piperidine rings is 1. The molecular weight excluding hydrogens is 414 g/mol. The lowest BCUT2D eigenvalue weighted by atomic mass is 9.84. The molecule has 0 unspecified atom stereocenters. The van der Waals surface area contributed by atoms with Gasteiger partial charge in [-0.1, -0.05) is 89.6 Å². The standard InChI is InChI=1S/C15H22.C13H21NO4/c1-3-8-14(9-4-1)12-7-13-15-10-5-2-6-11-15;1-4-13(2,3)10(15)11(16)14-8-6-5-7-9(14)12(17)18/h1,3-4,8-9,15H,2,5-7,10-13H2;9H,4-8H2,1-3H3,(H,17,18)/t;9-/m.0/s1. The van der Waals surface area contributed by atoms with Crippen molar-refractivity contribution in [3.63, 3.8) is 0 Å². The molecule has 1 saturated heterocycles. The summed E-state index contributed by atoms with van der Waals surface area (Å²) in [7, 11) is 0. The maximum Gasteiger partial charge on any atom is 0.326 e. The molecule has 0 spiro atoms. The fraction of sp³-hybridized carbons (Fsp3) is 0.679. The Kier molecular flexibility index (Phi) is 11.1. The molecule has 5 nitrogen and oxygen atoms in total. The Morgan fingerprint density at radius 2 is 1.61 bits per heavy atom. The van der Waals surface area contributed by atoms with Gasteiger partial charge in [0, 0.05) is 12.0 Å². The summed E-state index contributed by atoms with van der Waals surface area (Å²) in [4.78, 5) is 36.5. The smallest absolute Gasteiger partial charge is 0.326 e. The van der Waals surface area contributed by atoms with Gasteiger partial charge in [-0.2, -0.15) is 0 Å². The van der Waals surface area contributed by atoms with Gasteiger partial charge in [0.15, 0.2) is 0 Å². The van der Waals surface area contributed by atoms with Gasteiger partial charge in [-0.3, -0.25) is 9.59 Å². The average Bonchev–Trinajstić information content (AvgIpc) is 2.85. The van der Waals surface area contributed by atoms with Gasteiger partial charge in [0.05, 0.1) is 0 Å². The van der Waals surface area contributed by atoms with Crippen LogP contribution in [0.15, 0.2) is 30.3 Å². The van der Waals surface area contributed by atoms with Crippen LogP contribution in [-0.4, -0.2) is 40.3 Å². The number of Topliss-reactive ketones (excluding diaryl/α,β-unsaturated/α-hetero) is 1. The zero-order valence-corrected chi connectivity index (χ0v) is 20.9. The lowest BCUT2D eigenvalue weighted by Gasteiger charge is -2.34. The predicted octanol–water partition coefficient (Wildman–Crippen LogP) is 6.05. The van der Waals surface area contributed by atoms with Crippen molar-refractivity contribution in [2.24, 2.45) is 11.3 Å². The van der Waals surface area contributed by atoms with Crippen molar-refractivity contribution < 1.29 is 19.5 Å². The van der Waals surface area contributed by atoms with Crippen LogP contribution in [0.2, 0.25) is 0 Å². The van der Waals surface area contributed by atoms with E-state index in [1.807, 2.05) is 6.92 Å². The summed E-state index contributed by atoms with van der Waals surface area (Å²) in [6.07, 6.45) is 14.1. The van der Waals surface area contributed by atoms with Crippen molar-refractivity contribution in [3.8, 4) is 0 Å². The van der Waals surface area contributed by atoms with E-state index >= 15 is 0 Å². The third-order valence-electron chi connectivity index (χ3n) is 7.39. The Balaban J connectivity index is 0.000000237. The molecule has 5 heteroatoms. The third kappa shape index (κ3) is 8.60. The molecule has 1 aliphatic carbocycles. The number of nitrogens with zero attached hydrogens (tertiary/aromatic N) is 1. The maximum absolute atomic E-state index is 12.1. The predicted molar refractivity (Wildman–Crippen MR) is 132 cm³/mol. The molecule has 3 rings (SSSR count). The van der Waals surface area contributed by atoms with E-state index in [-0.39, 0.29) is 0 Å². The van der Waals surface area contributed by atoms with Crippen molar-refractivity contribution in [2.75, 3.05) is 6.54 Å². The van der Waals surface area contributed by atoms with E-state index in [4.69, 9.17) is 5.11 Å². The number of likely N-dealkylation sites (tertiary alicyclic amines) is 1. The van der Waals surface area contributed by atoms with Crippen molar-refractivity contribution in [1.29, 1.82) is 0 Å². The van der Waals surface area contributed by atoms with E-state index < -0.39 is 29.1 Å². The summed E-state index contributed by atoms with van der Waals surface area (Å²) >= 11 is 0. The van der Waals surface area contributed by atoms with Crippen LogP contribution < -0.4 is 0 Å². The number of rotatable bonds is 8. The molecule has 1 N–H and O–H groups in total. The van der Waals surface area contributed by atoms with Gasteiger partial charge in [0.1, 0.15) is 6.04 Å². The van der Waals surface area contributed by atoms with Gasteiger partial charge in [-0.05, 0) is 50.0 Å². The monoisotopic (exact) mass is 457 g/mol. The number of hydrogen-bond donors (Lipinski definition) is 1. The molecule has 1 heterocycles. The Bertz CT molecular complexity index is 752. The van der Waals surface area contributed by atoms with E-state index in [9.17, 15) is 14.4 Å². The Labute approximate surface area is 199 Å². The SMILES string of the molecule is CCC(C)(C)C(=O)C(=O)N1CCCC[C@H]1C(=O)O.c1ccc(CCCC2CCCCC2)cc1. The molecular formula is C28H43NO4. The Morgan fingerprint density at radius 1 is 0.970 bits per heavy atom. The quantitative estimate of drug-likeness (QED) is 0.482. The van der Waals surface area contributed by atoms with Gasteiger partial charge >= 0.3 is 5.97 Å². The van der Waals surface area contributed by atoms with Gasteiger partial charge in [-0.25, -0.2) is 4.79 Å². The first-order valence-corrected chi connectivity index (χ1v) is 12.9. The van der Waals surface area contributed by atoms with E-state index in [1.165, 1.54) is 61.8 Å². The fourth-order valence-electron chi connectivity index (χ4n) is 4.73. The highest BCUT2D eigenvalue weighted by Gasteiger charge is 2.39. The number of aryl methyl sites for hydroxylation is 1. The number of carboxylic acid groups (broad SMARTS) is 1. The van der Waals surface area contributed by atoms with Crippen LogP contribution in [0.5, 0.6) is 0 Å². The minimum absolute atomic E-state index is 0.362. The molecule has 1 amide bonds. The molecule has 1 aromatic rings. The van der Waals surface area contributed by atoms with Crippen molar-refractivity contribution in [2.45, 2.75) is 104 Å². The number of hydrogen-bond acceptors (Lipinski definition) is 3. The first-order valence-electron chi connectivity index (χ1n) is 12.9. The summed E-state index contributed by atoms with van der Waals surface area (Å²) in [5.41, 5.74) is 0.783. The van der Waals surface area contributed by atoms with Crippen molar-refractivity contribution in [1.82, 2.24) is 4.90 Å². The number of ketones is 1. The number of carbonyl (C=O) groups excluding carboxylic acids is 2. The van der Waals surface area contributed by atoms with E-state index in [0.29, 0.717) is 19.4 Å². The normalized spacial score (nSPS) is 19.4. The van der Waals surface area contributed by atoms with Crippen LogP contribution in [0.1, 0.15) is 97.0 Å². The molecule has 0 bridgehead atoms. The summed E-state index contributed by atoms with van der Waals surface area (Å²) in [6, 6.07) is 10.1. The zero-order chi connectivity index (χ0) is 24.3. The first-order chi connectivity index (χ1) is 15.8. The van der Waals surface area contributed by atoms with Gasteiger partial charge < -0.3 is 10.0 Å². The van der Waals surface area contributed by atoms with Crippen LogP contribution >= 0.6 is 0 Å². The number of aliphatic carboxylic acids is 1. The number of amides is 1. The van der Waals surface area contributed by atoms with Gasteiger partial charge in [0.25, 0.3) is 5.91 Å². The van der Waals surface area contributed by atoms with Crippen LogP contribution in [0, 0.1) is 11.3 Å². The van der Waals surface area contributed by atoms with Crippen LogP contribution in [0.3, 0.4) is 0 Å². The van der Waals surface area contributed by atoms with Gasteiger partial charge in [-0.15, -0.1) is 0 Å². The molecule has 1 saturated carbocycles. The topological polar surface area (TPSA) is 74.7 Å². The summed E-state index contributed by atoms with van der Waals surface area (Å²) < 4.78 is 0. The van der Waals surface area contributed by atoms with E-state index in [1.54, 1.807) is 13.8 Å². The summed E-state index contributed by atoms with van der Waals surface area (Å²) in [5.74, 6) is -1.11. The molecule has 33 heavy (non-hydrogen) atoms. The molecule has 0 radical (unpaired) electrons. The highest BCUT2D eigenvalue weighted by atomic mass is 16.4. The number of carbonyl (C=O) groups is 3. The fourth-order valence-corrected chi connectivity index (χ4v) is 4.73. The summed E-state index contributed by atoms with van der Waals surface area (Å²) in [6.45, 7) is 5.64. The van der Waals surface area contributed by atoms with E-state index in [0.717, 1.165) is 18.8 Å².